The molecule has 0 aromatic heterocycles. The van der Waals surface area contributed by atoms with Gasteiger partial charge in [0.25, 0.3) is 0 Å². The highest BCUT2D eigenvalue weighted by Gasteiger charge is 2.20. The van der Waals surface area contributed by atoms with Gasteiger partial charge in [0.05, 0.1) is 0 Å². The van der Waals surface area contributed by atoms with Gasteiger partial charge in [-0.05, 0) is 75.0 Å². The molecule has 1 aliphatic carbocycles. The van der Waals surface area contributed by atoms with E-state index in [1.54, 1.807) is 5.57 Å². The topological polar surface area (TPSA) is 20.2 Å². The van der Waals surface area contributed by atoms with Gasteiger partial charge in [0.2, 0.25) is 0 Å². The molecule has 0 heterocycles. The van der Waals surface area contributed by atoms with Crippen LogP contribution in [-0.4, -0.2) is 12.2 Å². The van der Waals surface area contributed by atoms with Crippen molar-refractivity contribution in [3.8, 4) is 0 Å². The van der Waals surface area contributed by atoms with Gasteiger partial charge >= 0.3 is 0 Å². The van der Waals surface area contributed by atoms with Crippen LogP contribution in [0.1, 0.15) is 111 Å². The molecule has 1 aliphatic rings. The maximum Gasteiger partial charge on any atom is 0.0406 e. The number of halogens is 1. The summed E-state index contributed by atoms with van der Waals surface area (Å²) in [5.74, 6) is 1.95. The molecule has 176 valence electrons. The van der Waals surface area contributed by atoms with Crippen molar-refractivity contribution in [2.75, 3.05) is 7.11 Å². The van der Waals surface area contributed by atoms with Crippen LogP contribution in [0.15, 0.2) is 35.9 Å². The molecular formula is C28H51ClO. The summed E-state index contributed by atoms with van der Waals surface area (Å²) in [4.78, 5) is 0. The monoisotopic (exact) mass is 438 g/mol. The number of hydrogen-bond acceptors (Lipinski definition) is 1. The van der Waals surface area contributed by atoms with E-state index in [-0.39, 0.29) is 0 Å². The zero-order valence-electron chi connectivity index (χ0n) is 21.1. The lowest BCUT2D eigenvalue weighted by Crippen LogP contribution is -2.14. The number of aliphatic hydroxyl groups is 1. The van der Waals surface area contributed by atoms with E-state index in [1.165, 1.54) is 69.8 Å². The Labute approximate surface area is 194 Å². The van der Waals surface area contributed by atoms with Crippen LogP contribution >= 0.6 is 11.6 Å². The Morgan fingerprint density at radius 1 is 0.900 bits per heavy atom. The summed E-state index contributed by atoms with van der Waals surface area (Å²) < 4.78 is 0. The Kier molecular flexibility index (Phi) is 24.0. The van der Waals surface area contributed by atoms with Crippen molar-refractivity contribution < 1.29 is 5.11 Å². The Morgan fingerprint density at radius 3 is 1.80 bits per heavy atom. The highest BCUT2D eigenvalue weighted by atomic mass is 35.5. The number of aliphatic hydroxyl groups excluding tert-OH is 1. The first-order chi connectivity index (χ1) is 14.5. The predicted molar refractivity (Wildman–Crippen MR) is 139 cm³/mol. The summed E-state index contributed by atoms with van der Waals surface area (Å²) in [5, 5.41) is 7.82. The minimum absolute atomic E-state index is 0.819. The van der Waals surface area contributed by atoms with E-state index < -0.39 is 0 Å². The molecule has 0 bridgehead atoms. The average molecular weight is 439 g/mol. The second-order valence-electron chi connectivity index (χ2n) is 8.21. The number of allylic oxidation sites excluding steroid dienone is 2. The molecule has 1 N–H and O–H groups in total. The zero-order chi connectivity index (χ0) is 23.2. The largest absolute Gasteiger partial charge is 0.400 e. The molecule has 0 spiro atoms. The molecule has 2 rings (SSSR count). The second-order valence-corrected chi connectivity index (χ2v) is 8.65. The van der Waals surface area contributed by atoms with Crippen LogP contribution in [0, 0.1) is 11.8 Å². The van der Waals surface area contributed by atoms with Gasteiger partial charge in [-0.1, -0.05) is 102 Å². The van der Waals surface area contributed by atoms with Crippen LogP contribution in [0.4, 0.5) is 0 Å². The second kappa shape index (κ2) is 22.9. The molecule has 0 amide bonds. The summed E-state index contributed by atoms with van der Waals surface area (Å²) in [6, 6.07) is 8.02. The van der Waals surface area contributed by atoms with Crippen LogP contribution in [0.25, 0.3) is 0 Å². The van der Waals surface area contributed by atoms with Crippen molar-refractivity contribution in [2.45, 2.75) is 112 Å². The van der Waals surface area contributed by atoms with Crippen molar-refractivity contribution in [3.63, 3.8) is 0 Å². The third-order valence-electron chi connectivity index (χ3n) is 5.75. The molecule has 1 fully saturated rings. The summed E-state index contributed by atoms with van der Waals surface area (Å²) in [6.45, 7) is 13.5. The van der Waals surface area contributed by atoms with Crippen molar-refractivity contribution in [1.29, 1.82) is 0 Å². The van der Waals surface area contributed by atoms with Crippen LogP contribution in [-0.2, 0) is 6.42 Å². The quantitative estimate of drug-likeness (QED) is 0.420. The van der Waals surface area contributed by atoms with E-state index in [1.807, 2.05) is 12.1 Å². The van der Waals surface area contributed by atoms with Gasteiger partial charge in [0, 0.05) is 12.1 Å². The van der Waals surface area contributed by atoms with Gasteiger partial charge in [-0.3, -0.25) is 0 Å². The lowest BCUT2D eigenvalue weighted by atomic mass is 9.78. The van der Waals surface area contributed by atoms with Gasteiger partial charge in [-0.15, -0.1) is 0 Å². The Morgan fingerprint density at radius 2 is 1.43 bits per heavy atom. The van der Waals surface area contributed by atoms with Gasteiger partial charge in [-0.25, -0.2) is 0 Å². The molecule has 1 aromatic rings. The SMILES string of the molecule is CC/C=C(\C)C1CCC(CC)CC1.CCCCC.CCCc1ccc(Cl)cc1.CO. The predicted octanol–water partition coefficient (Wildman–Crippen LogP) is 9.66. The van der Waals surface area contributed by atoms with Crippen molar-refractivity contribution in [1.82, 2.24) is 0 Å². The van der Waals surface area contributed by atoms with E-state index >= 15 is 0 Å². The highest BCUT2D eigenvalue weighted by molar-refractivity contribution is 6.30. The third-order valence-corrected chi connectivity index (χ3v) is 6.01. The van der Waals surface area contributed by atoms with Crippen LogP contribution < -0.4 is 0 Å². The molecule has 0 atom stereocenters. The fourth-order valence-electron chi connectivity index (χ4n) is 3.81. The smallest absolute Gasteiger partial charge is 0.0406 e. The zero-order valence-corrected chi connectivity index (χ0v) is 21.9. The molecule has 0 aliphatic heterocycles. The molecule has 0 unspecified atom stereocenters. The van der Waals surface area contributed by atoms with Crippen molar-refractivity contribution in [3.05, 3.63) is 46.5 Å². The third kappa shape index (κ3) is 16.9. The molecule has 30 heavy (non-hydrogen) atoms. The molecule has 1 aromatic carbocycles. The highest BCUT2D eigenvalue weighted by Crippen LogP contribution is 2.34. The first kappa shape index (κ1) is 31.4. The minimum Gasteiger partial charge on any atom is -0.400 e. The normalized spacial score (nSPS) is 18.1. The van der Waals surface area contributed by atoms with Crippen LogP contribution in [0.5, 0.6) is 0 Å². The average Bonchev–Trinajstić information content (AvgIpc) is 2.78. The van der Waals surface area contributed by atoms with E-state index in [4.69, 9.17) is 16.7 Å². The number of benzene rings is 1. The fourth-order valence-corrected chi connectivity index (χ4v) is 3.93. The minimum atomic E-state index is 0.819. The van der Waals surface area contributed by atoms with E-state index in [0.29, 0.717) is 0 Å². The Bertz CT molecular complexity index is 482. The molecule has 0 radical (unpaired) electrons. The van der Waals surface area contributed by atoms with Gasteiger partial charge < -0.3 is 5.11 Å². The number of rotatable bonds is 7. The van der Waals surface area contributed by atoms with Gasteiger partial charge in [0.1, 0.15) is 0 Å². The summed E-state index contributed by atoms with van der Waals surface area (Å²) in [6.07, 6.45) is 17.3. The molecule has 1 saturated carbocycles. The summed E-state index contributed by atoms with van der Waals surface area (Å²) in [5.41, 5.74) is 3.02. The van der Waals surface area contributed by atoms with Crippen molar-refractivity contribution >= 4 is 11.6 Å². The van der Waals surface area contributed by atoms with E-state index in [0.717, 1.165) is 30.4 Å². The number of aryl methyl sites for hydroxylation is 1. The lowest BCUT2D eigenvalue weighted by Gasteiger charge is -2.28. The first-order valence-electron chi connectivity index (χ1n) is 12.4. The van der Waals surface area contributed by atoms with Gasteiger partial charge in [0.15, 0.2) is 0 Å². The van der Waals surface area contributed by atoms with Crippen molar-refractivity contribution in [2.24, 2.45) is 11.8 Å². The van der Waals surface area contributed by atoms with E-state index in [9.17, 15) is 0 Å². The number of unbranched alkanes of at least 4 members (excludes halogenated alkanes) is 2. The lowest BCUT2D eigenvalue weighted by molar-refractivity contribution is 0.295. The number of hydrogen-bond donors (Lipinski definition) is 1. The molecule has 1 nitrogen and oxygen atoms in total. The molecule has 0 saturated heterocycles. The fraction of sp³-hybridized carbons (Fsp3) is 0.714. The maximum absolute atomic E-state index is 7.00. The Balaban J connectivity index is 0. The Hall–Kier alpha value is -0.790. The molecular weight excluding hydrogens is 388 g/mol. The van der Waals surface area contributed by atoms with E-state index in [2.05, 4.69) is 59.8 Å². The summed E-state index contributed by atoms with van der Waals surface area (Å²) >= 11 is 5.71. The first-order valence-corrected chi connectivity index (χ1v) is 12.8. The van der Waals surface area contributed by atoms with Crippen LogP contribution in [0.2, 0.25) is 5.02 Å². The van der Waals surface area contributed by atoms with Gasteiger partial charge in [-0.2, -0.15) is 0 Å². The van der Waals surface area contributed by atoms with Crippen LogP contribution in [0.3, 0.4) is 0 Å². The standard InChI is InChI=1S/C13H24.C9H11Cl.C5H12.CH4O/c1-4-6-11(3)13-9-7-12(5-2)8-10-13;1-2-3-8-4-6-9(10)7-5-8;1-3-5-4-2;1-2/h6,12-13H,4-5,7-10H2,1-3H3;4-7H,2-3H2,1H3;3-5H2,1-2H3;2H,1H3/b11-6+;;;. The molecule has 2 heteroatoms. The maximum atomic E-state index is 7.00. The summed E-state index contributed by atoms with van der Waals surface area (Å²) in [7, 11) is 1.00.